The predicted octanol–water partition coefficient (Wildman–Crippen LogP) is 4.22. The van der Waals surface area contributed by atoms with Gasteiger partial charge in [0.05, 0.1) is 12.9 Å². The van der Waals surface area contributed by atoms with Crippen molar-refractivity contribution in [2.24, 2.45) is 0 Å². The van der Waals surface area contributed by atoms with Crippen LogP contribution in [0.25, 0.3) is 11.4 Å². The maximum absolute atomic E-state index is 12.0. The number of hydrogen-bond donors (Lipinski definition) is 2. The van der Waals surface area contributed by atoms with Gasteiger partial charge in [-0.15, -0.1) is 0 Å². The van der Waals surface area contributed by atoms with Crippen molar-refractivity contribution in [3.05, 3.63) is 66.0 Å². The Morgan fingerprint density at radius 1 is 1.06 bits per heavy atom. The summed E-state index contributed by atoms with van der Waals surface area (Å²) in [7, 11) is -3.44. The van der Waals surface area contributed by atoms with E-state index in [1.165, 1.54) is 6.33 Å². The lowest BCUT2D eigenvalue weighted by Crippen LogP contribution is -2.32. The minimum Gasteiger partial charge on any atom is -0.444 e. The van der Waals surface area contributed by atoms with Crippen LogP contribution in [0.5, 0.6) is 0 Å². The number of aryl methyl sites for hydroxylation is 1. The summed E-state index contributed by atoms with van der Waals surface area (Å²) in [6, 6.07) is 15.2. The van der Waals surface area contributed by atoms with Crippen LogP contribution in [0.1, 0.15) is 38.3 Å². The summed E-state index contributed by atoms with van der Waals surface area (Å²) in [6.45, 7) is 5.82. The number of aromatic nitrogens is 3. The molecular formula is C25H31N5O5S. The lowest BCUT2D eigenvalue weighted by atomic mass is 10.1. The number of alkyl carbamates (subject to hydrolysis) is 1. The van der Waals surface area contributed by atoms with Crippen LogP contribution in [0.2, 0.25) is 0 Å². The third kappa shape index (κ3) is 9.23. The molecule has 0 atom stereocenters. The zero-order valence-corrected chi connectivity index (χ0v) is 21.6. The van der Waals surface area contributed by atoms with E-state index in [1.54, 1.807) is 0 Å². The lowest BCUT2D eigenvalue weighted by molar-refractivity contribution is 0.0523. The average molecular weight is 514 g/mol. The van der Waals surface area contributed by atoms with Crippen LogP contribution in [0.4, 0.5) is 16.4 Å². The minimum absolute atomic E-state index is 0.130. The standard InChI is InChI=1S/C25H31N5O5S/c1-25(2,3)35-24(31)26-16-20-11-5-6-13-21(20)29-23-28-17-27-22(30-23)19-12-7-9-18(15-19)10-8-14-34-36(4,32)33/h5-7,9,11-13,15,17H,8,10,14,16H2,1-4H3,(H,26,31)(H,27,28,29,30). The van der Waals surface area contributed by atoms with Crippen LogP contribution < -0.4 is 10.6 Å². The largest absolute Gasteiger partial charge is 0.444 e. The molecule has 36 heavy (non-hydrogen) atoms. The molecule has 1 amide bonds. The molecule has 10 nitrogen and oxygen atoms in total. The number of ether oxygens (including phenoxy) is 1. The molecule has 0 aliphatic heterocycles. The summed E-state index contributed by atoms with van der Waals surface area (Å²) in [6.07, 6.45) is 3.18. The number of hydrogen-bond acceptors (Lipinski definition) is 9. The van der Waals surface area contributed by atoms with Crippen LogP contribution in [-0.4, -0.2) is 47.9 Å². The molecule has 3 rings (SSSR count). The first-order valence-electron chi connectivity index (χ1n) is 11.4. The molecule has 1 heterocycles. The highest BCUT2D eigenvalue weighted by atomic mass is 32.2. The third-order valence-electron chi connectivity index (χ3n) is 4.75. The normalized spacial score (nSPS) is 11.7. The van der Waals surface area contributed by atoms with Gasteiger partial charge in [0.25, 0.3) is 10.1 Å². The molecular weight excluding hydrogens is 482 g/mol. The third-order valence-corrected chi connectivity index (χ3v) is 5.34. The average Bonchev–Trinajstić information content (AvgIpc) is 2.80. The maximum atomic E-state index is 12.0. The fourth-order valence-electron chi connectivity index (χ4n) is 3.25. The zero-order valence-electron chi connectivity index (χ0n) is 20.8. The maximum Gasteiger partial charge on any atom is 0.407 e. The number of benzene rings is 2. The Bertz CT molecular complexity index is 1290. The van der Waals surface area contributed by atoms with E-state index in [4.69, 9.17) is 8.92 Å². The van der Waals surface area contributed by atoms with Gasteiger partial charge in [-0.2, -0.15) is 13.4 Å². The number of rotatable bonds is 10. The predicted molar refractivity (Wildman–Crippen MR) is 137 cm³/mol. The van der Waals surface area contributed by atoms with Crippen molar-refractivity contribution in [1.82, 2.24) is 20.3 Å². The quantitative estimate of drug-likeness (QED) is 0.302. The van der Waals surface area contributed by atoms with Gasteiger partial charge in [-0.3, -0.25) is 4.18 Å². The Morgan fingerprint density at radius 3 is 2.58 bits per heavy atom. The highest BCUT2D eigenvalue weighted by molar-refractivity contribution is 7.85. The van der Waals surface area contributed by atoms with Crippen LogP contribution in [0.15, 0.2) is 54.9 Å². The minimum atomic E-state index is -3.44. The van der Waals surface area contributed by atoms with Crippen molar-refractivity contribution in [3.63, 3.8) is 0 Å². The SMILES string of the molecule is CC(C)(C)OC(=O)NCc1ccccc1Nc1ncnc(-c2cccc(CCCOS(C)(=O)=O)c2)n1. The van der Waals surface area contributed by atoms with Gasteiger partial charge in [0.15, 0.2) is 5.82 Å². The van der Waals surface area contributed by atoms with Crippen molar-refractivity contribution < 1.29 is 22.1 Å². The Morgan fingerprint density at radius 2 is 1.83 bits per heavy atom. The second-order valence-electron chi connectivity index (χ2n) is 9.10. The van der Waals surface area contributed by atoms with E-state index in [2.05, 4.69) is 25.6 Å². The van der Waals surface area contributed by atoms with E-state index < -0.39 is 21.8 Å². The lowest BCUT2D eigenvalue weighted by Gasteiger charge is -2.20. The molecule has 11 heteroatoms. The first kappa shape index (κ1) is 27.0. The molecule has 192 valence electrons. The van der Waals surface area contributed by atoms with Crippen LogP contribution in [0, 0.1) is 0 Å². The molecule has 0 saturated heterocycles. The monoisotopic (exact) mass is 513 g/mol. The van der Waals surface area contributed by atoms with Crippen molar-refractivity contribution >= 4 is 27.8 Å². The number of anilines is 2. The summed E-state index contributed by atoms with van der Waals surface area (Å²) in [5.74, 6) is 0.850. The molecule has 2 aromatic carbocycles. The van der Waals surface area contributed by atoms with E-state index in [0.29, 0.717) is 24.6 Å². The summed E-state index contributed by atoms with van der Waals surface area (Å²) in [5.41, 5.74) is 2.82. The number of carbonyl (C=O) groups excluding carboxylic acids is 1. The van der Waals surface area contributed by atoms with Crippen molar-refractivity contribution in [2.45, 2.75) is 45.8 Å². The van der Waals surface area contributed by atoms with Gasteiger partial charge in [0, 0.05) is 17.8 Å². The molecule has 2 N–H and O–H groups in total. The topological polar surface area (TPSA) is 132 Å². The number of nitrogens with one attached hydrogen (secondary N) is 2. The van der Waals surface area contributed by atoms with Gasteiger partial charge in [-0.05, 0) is 56.9 Å². The first-order valence-corrected chi connectivity index (χ1v) is 13.2. The fraction of sp³-hybridized carbons (Fsp3) is 0.360. The van der Waals surface area contributed by atoms with Crippen LogP contribution >= 0.6 is 0 Å². The summed E-state index contributed by atoms with van der Waals surface area (Å²) < 4.78 is 32.3. The van der Waals surface area contributed by atoms with E-state index >= 15 is 0 Å². The number of carbonyl (C=O) groups is 1. The van der Waals surface area contributed by atoms with E-state index in [9.17, 15) is 13.2 Å². The number of para-hydroxylation sites is 1. The van der Waals surface area contributed by atoms with Crippen molar-refractivity contribution in [3.8, 4) is 11.4 Å². The van der Waals surface area contributed by atoms with Crippen LogP contribution in [-0.2, 0) is 32.0 Å². The van der Waals surface area contributed by atoms with Gasteiger partial charge >= 0.3 is 6.09 Å². The van der Waals surface area contributed by atoms with E-state index in [1.807, 2.05) is 69.3 Å². The Balaban J connectivity index is 1.67. The Hall–Kier alpha value is -3.57. The first-order chi connectivity index (χ1) is 17.0. The molecule has 1 aromatic heterocycles. The molecule has 0 radical (unpaired) electrons. The zero-order chi connectivity index (χ0) is 26.2. The summed E-state index contributed by atoms with van der Waals surface area (Å²) in [5, 5.41) is 5.96. The van der Waals surface area contributed by atoms with E-state index in [-0.39, 0.29) is 13.2 Å². The Labute approximate surface area is 211 Å². The van der Waals surface area contributed by atoms with Crippen molar-refractivity contribution in [2.75, 3.05) is 18.2 Å². The highest BCUT2D eigenvalue weighted by Crippen LogP contribution is 2.22. The molecule has 0 aliphatic rings. The van der Waals surface area contributed by atoms with Gasteiger partial charge in [-0.1, -0.05) is 36.4 Å². The smallest absolute Gasteiger partial charge is 0.407 e. The van der Waals surface area contributed by atoms with Gasteiger partial charge < -0.3 is 15.4 Å². The molecule has 0 fully saturated rings. The van der Waals surface area contributed by atoms with E-state index in [0.717, 1.165) is 28.6 Å². The number of amides is 1. The molecule has 0 bridgehead atoms. The van der Waals surface area contributed by atoms with Gasteiger partial charge in [0.2, 0.25) is 5.95 Å². The molecule has 0 aliphatic carbocycles. The van der Waals surface area contributed by atoms with Gasteiger partial charge in [-0.25, -0.2) is 14.8 Å². The van der Waals surface area contributed by atoms with Crippen molar-refractivity contribution in [1.29, 1.82) is 0 Å². The summed E-state index contributed by atoms with van der Waals surface area (Å²) in [4.78, 5) is 25.1. The Kier molecular flexibility index (Phi) is 8.94. The molecule has 0 spiro atoms. The van der Waals surface area contributed by atoms with Crippen LogP contribution in [0.3, 0.4) is 0 Å². The second-order valence-corrected chi connectivity index (χ2v) is 10.7. The molecule has 0 unspecified atom stereocenters. The van der Waals surface area contributed by atoms with Gasteiger partial charge in [0.1, 0.15) is 11.9 Å². The molecule has 0 saturated carbocycles. The number of nitrogens with zero attached hydrogens (tertiary/aromatic N) is 3. The molecule has 3 aromatic rings. The second kappa shape index (κ2) is 11.9. The summed E-state index contributed by atoms with van der Waals surface area (Å²) >= 11 is 0. The fourth-order valence-corrected chi connectivity index (χ4v) is 3.67. The highest BCUT2D eigenvalue weighted by Gasteiger charge is 2.16.